The molecule has 3 heterocycles. The van der Waals surface area contributed by atoms with Gasteiger partial charge in [-0.2, -0.15) is 4.31 Å². The molecule has 2 aromatic carbocycles. The van der Waals surface area contributed by atoms with E-state index >= 15 is 0 Å². The predicted octanol–water partition coefficient (Wildman–Crippen LogP) is 4.85. The maximum Gasteiger partial charge on any atom is 0.252 e. The minimum Gasteiger partial charge on any atom is -0.491 e. The summed E-state index contributed by atoms with van der Waals surface area (Å²) >= 11 is 1.24. The topological polar surface area (TPSA) is 75.7 Å². The van der Waals surface area contributed by atoms with E-state index in [1.165, 1.54) is 11.3 Å². The molecular weight excluding hydrogens is 456 g/mol. The number of thiophene rings is 1. The molecule has 1 aromatic heterocycles. The van der Waals surface area contributed by atoms with Crippen LogP contribution in [0.2, 0.25) is 0 Å². The molecule has 3 aromatic rings. The monoisotopic (exact) mass is 482 g/mol. The van der Waals surface area contributed by atoms with Gasteiger partial charge in [-0.1, -0.05) is 42.5 Å². The predicted molar refractivity (Wildman–Crippen MR) is 130 cm³/mol. The number of rotatable bonds is 3. The number of nitrogens with zero attached hydrogens (tertiary/aromatic N) is 1. The Morgan fingerprint density at radius 3 is 2.61 bits per heavy atom. The van der Waals surface area contributed by atoms with E-state index in [0.29, 0.717) is 54.6 Å². The third kappa shape index (κ3) is 4.69. The van der Waals surface area contributed by atoms with Gasteiger partial charge in [0.05, 0.1) is 12.3 Å². The van der Waals surface area contributed by atoms with Crippen LogP contribution < -0.4 is 10.1 Å². The van der Waals surface area contributed by atoms with Gasteiger partial charge in [0, 0.05) is 19.5 Å². The zero-order valence-corrected chi connectivity index (χ0v) is 19.8. The normalized spacial score (nSPS) is 21.9. The van der Waals surface area contributed by atoms with Gasteiger partial charge in [-0.3, -0.25) is 4.79 Å². The van der Waals surface area contributed by atoms with Crippen molar-refractivity contribution in [1.82, 2.24) is 4.31 Å². The molecular formula is C25H26N2O4S2. The molecule has 8 heteroatoms. The van der Waals surface area contributed by atoms with Crippen LogP contribution in [0.4, 0.5) is 5.69 Å². The standard InChI is InChI=1S/C25H26N2O4S2/c28-24-16-20-10-12-27(33(29,30)25-7-4-14-32-25)17-21(20)11-13-31-23-9-8-19(15-22(23)26-24)18-5-2-1-3-6-18/h1-9,14-15,20-21H,10-13,16-17H2,(H,26,28)/t20-,21-/m0/s1. The highest BCUT2D eigenvalue weighted by Crippen LogP contribution is 2.36. The number of nitrogens with one attached hydrogen (secondary N) is 1. The molecule has 6 nitrogen and oxygen atoms in total. The van der Waals surface area contributed by atoms with E-state index in [1.807, 2.05) is 48.5 Å². The summed E-state index contributed by atoms with van der Waals surface area (Å²) in [4.78, 5) is 12.9. The second-order valence-corrected chi connectivity index (χ2v) is 11.7. The highest BCUT2D eigenvalue weighted by atomic mass is 32.2. The van der Waals surface area contributed by atoms with Crippen molar-refractivity contribution in [3.63, 3.8) is 0 Å². The average Bonchev–Trinajstić information content (AvgIpc) is 3.37. The number of carbonyl (C=O) groups is 1. The molecule has 0 unspecified atom stereocenters. The molecule has 0 aliphatic carbocycles. The highest BCUT2D eigenvalue weighted by molar-refractivity contribution is 7.91. The summed E-state index contributed by atoms with van der Waals surface area (Å²) in [5.41, 5.74) is 2.77. The number of amides is 1. The van der Waals surface area contributed by atoms with Gasteiger partial charge in [-0.25, -0.2) is 8.42 Å². The van der Waals surface area contributed by atoms with Crippen molar-refractivity contribution in [1.29, 1.82) is 0 Å². The molecule has 33 heavy (non-hydrogen) atoms. The lowest BCUT2D eigenvalue weighted by molar-refractivity contribution is -0.117. The van der Waals surface area contributed by atoms with Gasteiger partial charge < -0.3 is 10.1 Å². The molecule has 172 valence electrons. The number of benzene rings is 2. The van der Waals surface area contributed by atoms with Crippen LogP contribution in [0.5, 0.6) is 5.75 Å². The quantitative estimate of drug-likeness (QED) is 0.579. The number of hydrogen-bond donors (Lipinski definition) is 1. The first-order valence-electron chi connectivity index (χ1n) is 11.2. The van der Waals surface area contributed by atoms with E-state index in [4.69, 9.17) is 4.74 Å². The van der Waals surface area contributed by atoms with Crippen molar-refractivity contribution in [2.24, 2.45) is 11.8 Å². The summed E-state index contributed by atoms with van der Waals surface area (Å²) in [6, 6.07) is 19.3. The lowest BCUT2D eigenvalue weighted by atomic mass is 9.82. The SMILES string of the molecule is O=C1C[C@@H]2CCN(S(=O)(=O)c3cccs3)C[C@@H]2CCOc2ccc(-c3ccccc3)cc2N1. The van der Waals surface area contributed by atoms with Gasteiger partial charge in [-0.15, -0.1) is 11.3 Å². The third-order valence-electron chi connectivity index (χ3n) is 6.50. The van der Waals surface area contributed by atoms with Crippen LogP contribution in [0.3, 0.4) is 0 Å². The molecule has 1 fully saturated rings. The van der Waals surface area contributed by atoms with Gasteiger partial charge in [0.1, 0.15) is 9.96 Å². The van der Waals surface area contributed by atoms with E-state index < -0.39 is 10.0 Å². The molecule has 0 saturated carbocycles. The van der Waals surface area contributed by atoms with Crippen molar-refractivity contribution in [3.05, 3.63) is 66.0 Å². The van der Waals surface area contributed by atoms with Crippen molar-refractivity contribution in [3.8, 4) is 16.9 Å². The molecule has 1 amide bonds. The molecule has 1 saturated heterocycles. The third-order valence-corrected chi connectivity index (χ3v) is 9.74. The molecule has 0 radical (unpaired) electrons. The highest BCUT2D eigenvalue weighted by Gasteiger charge is 2.37. The Kier molecular flexibility index (Phi) is 6.23. The summed E-state index contributed by atoms with van der Waals surface area (Å²) in [5.74, 6) is 0.781. The second-order valence-electron chi connectivity index (χ2n) is 8.57. The zero-order chi connectivity index (χ0) is 22.8. The van der Waals surface area contributed by atoms with Crippen molar-refractivity contribution >= 4 is 33.0 Å². The van der Waals surface area contributed by atoms with E-state index in [9.17, 15) is 13.2 Å². The van der Waals surface area contributed by atoms with Gasteiger partial charge >= 0.3 is 0 Å². The summed E-state index contributed by atoms with van der Waals surface area (Å²) in [5, 5.41) is 4.82. The second kappa shape index (κ2) is 9.29. The molecule has 2 aliphatic heterocycles. The fourth-order valence-electron chi connectivity index (χ4n) is 4.72. The van der Waals surface area contributed by atoms with Crippen LogP contribution >= 0.6 is 11.3 Å². The maximum absolute atomic E-state index is 13.0. The fourth-order valence-corrected chi connectivity index (χ4v) is 7.38. The Morgan fingerprint density at radius 2 is 1.82 bits per heavy atom. The maximum atomic E-state index is 13.0. The van der Waals surface area contributed by atoms with Crippen molar-refractivity contribution in [2.75, 3.05) is 25.0 Å². The zero-order valence-electron chi connectivity index (χ0n) is 18.1. The molecule has 1 N–H and O–H groups in total. The molecule has 2 aliphatic rings. The lowest BCUT2D eigenvalue weighted by Gasteiger charge is -2.38. The lowest BCUT2D eigenvalue weighted by Crippen LogP contribution is -2.45. The summed E-state index contributed by atoms with van der Waals surface area (Å²) in [6.45, 7) is 1.33. The Bertz CT molecular complexity index is 1230. The first-order chi connectivity index (χ1) is 16.0. The van der Waals surface area contributed by atoms with Crippen LogP contribution in [0.25, 0.3) is 11.1 Å². The van der Waals surface area contributed by atoms with Crippen LogP contribution in [0.15, 0.2) is 70.3 Å². The molecule has 2 atom stereocenters. The minimum absolute atomic E-state index is 0.0588. The van der Waals surface area contributed by atoms with E-state index in [1.54, 1.807) is 21.8 Å². The van der Waals surface area contributed by atoms with Gasteiger partial charge in [0.25, 0.3) is 10.0 Å². The van der Waals surface area contributed by atoms with Gasteiger partial charge in [0.2, 0.25) is 5.91 Å². The van der Waals surface area contributed by atoms with E-state index in [0.717, 1.165) is 11.1 Å². The smallest absolute Gasteiger partial charge is 0.252 e. The minimum atomic E-state index is -3.49. The number of carbonyl (C=O) groups excluding carboxylic acids is 1. The van der Waals surface area contributed by atoms with Crippen LogP contribution in [-0.2, 0) is 14.8 Å². The Labute approximate surface area is 198 Å². The number of ether oxygens (including phenoxy) is 1. The number of hydrogen-bond acceptors (Lipinski definition) is 5. The Hall–Kier alpha value is -2.68. The summed E-state index contributed by atoms with van der Waals surface area (Å²) in [6.07, 6.45) is 1.75. The molecule has 5 rings (SSSR count). The van der Waals surface area contributed by atoms with Crippen molar-refractivity contribution < 1.29 is 17.9 Å². The number of fused-ring (bicyclic) bond motifs is 2. The first-order valence-corrected chi connectivity index (χ1v) is 13.5. The van der Waals surface area contributed by atoms with Gasteiger partial charge in [-0.05, 0) is 59.4 Å². The van der Waals surface area contributed by atoms with Crippen molar-refractivity contribution in [2.45, 2.75) is 23.5 Å². The van der Waals surface area contributed by atoms with E-state index in [2.05, 4.69) is 5.32 Å². The number of anilines is 1. The van der Waals surface area contributed by atoms with Crippen LogP contribution in [0.1, 0.15) is 19.3 Å². The Morgan fingerprint density at radius 1 is 0.970 bits per heavy atom. The average molecular weight is 483 g/mol. The summed E-state index contributed by atoms with van der Waals surface area (Å²) in [7, 11) is -3.49. The fraction of sp³-hybridized carbons (Fsp3) is 0.320. The number of sulfonamides is 1. The molecule has 0 bridgehead atoms. The van der Waals surface area contributed by atoms with Crippen LogP contribution in [-0.4, -0.2) is 38.3 Å². The van der Waals surface area contributed by atoms with Crippen LogP contribution in [0, 0.1) is 11.8 Å². The number of piperidine rings is 1. The molecule has 0 spiro atoms. The first kappa shape index (κ1) is 22.1. The van der Waals surface area contributed by atoms with E-state index in [-0.39, 0.29) is 17.7 Å². The Balaban J connectivity index is 1.35. The summed E-state index contributed by atoms with van der Waals surface area (Å²) < 4.78 is 34.0. The van der Waals surface area contributed by atoms with Gasteiger partial charge in [0.15, 0.2) is 0 Å². The largest absolute Gasteiger partial charge is 0.491 e.